The number of hydrogen-bond donors (Lipinski definition) is 0. The zero-order valence-electron chi connectivity index (χ0n) is 13.9. The number of piperidine rings is 1. The smallest absolute Gasteiger partial charge is 0.205 e. The van der Waals surface area contributed by atoms with E-state index >= 15 is 0 Å². The van der Waals surface area contributed by atoms with Gasteiger partial charge in [0.2, 0.25) is 5.13 Å². The fourth-order valence-electron chi connectivity index (χ4n) is 2.88. The fraction of sp³-hybridized carbons (Fsp3) is 0.875. The summed E-state index contributed by atoms with van der Waals surface area (Å²) in [5, 5.41) is 1.06. The molecule has 2 fully saturated rings. The molecule has 0 saturated carbocycles. The van der Waals surface area contributed by atoms with Crippen LogP contribution in [-0.4, -0.2) is 47.9 Å². The van der Waals surface area contributed by atoms with E-state index in [1.165, 1.54) is 18.0 Å². The lowest BCUT2D eigenvalue weighted by atomic mass is 9.96. The van der Waals surface area contributed by atoms with Crippen molar-refractivity contribution in [2.45, 2.75) is 64.1 Å². The summed E-state index contributed by atoms with van der Waals surface area (Å²) in [6, 6.07) is 0. The average molecular weight is 325 g/mol. The van der Waals surface area contributed by atoms with Crippen LogP contribution in [0.2, 0.25) is 0 Å². The predicted octanol–water partition coefficient (Wildman–Crippen LogP) is 3.00. The van der Waals surface area contributed by atoms with Crippen LogP contribution in [-0.2, 0) is 14.9 Å². The highest BCUT2D eigenvalue weighted by Crippen LogP contribution is 2.28. The Morgan fingerprint density at radius 2 is 2.05 bits per heavy atom. The summed E-state index contributed by atoms with van der Waals surface area (Å²) in [7, 11) is 0. The number of rotatable bonds is 4. The van der Waals surface area contributed by atoms with E-state index in [1.54, 1.807) is 0 Å². The van der Waals surface area contributed by atoms with E-state index in [9.17, 15) is 0 Å². The molecule has 0 bridgehead atoms. The summed E-state index contributed by atoms with van der Waals surface area (Å²) in [5.41, 5.74) is 0.0253. The normalized spacial score (nSPS) is 24.1. The summed E-state index contributed by atoms with van der Waals surface area (Å²) in [4.78, 5) is 7.06. The van der Waals surface area contributed by atoms with Crippen LogP contribution >= 0.6 is 11.5 Å². The van der Waals surface area contributed by atoms with Crippen LogP contribution in [0.4, 0.5) is 5.13 Å². The van der Waals surface area contributed by atoms with Gasteiger partial charge >= 0.3 is 0 Å². The second kappa shape index (κ2) is 6.81. The molecule has 124 valence electrons. The lowest BCUT2D eigenvalue weighted by molar-refractivity contribution is -0.0280. The Bertz CT molecular complexity index is 472. The van der Waals surface area contributed by atoms with Crippen LogP contribution in [0.3, 0.4) is 0 Å². The quantitative estimate of drug-likeness (QED) is 0.851. The van der Waals surface area contributed by atoms with Crippen molar-refractivity contribution in [2.75, 3.05) is 31.2 Å². The standard InChI is InChI=1S/C16H27N3O2S/c1-16(2,3)14-17-15(22-18-14)19-8-6-12(7-9-19)21-11-13-5-4-10-20-13/h12-13H,4-11H2,1-3H3. The maximum absolute atomic E-state index is 6.03. The first kappa shape index (κ1) is 16.1. The number of anilines is 1. The van der Waals surface area contributed by atoms with Crippen molar-refractivity contribution in [3.63, 3.8) is 0 Å². The van der Waals surface area contributed by atoms with E-state index in [0.29, 0.717) is 12.2 Å². The van der Waals surface area contributed by atoms with Crippen molar-refractivity contribution in [3.05, 3.63) is 5.82 Å². The molecule has 2 saturated heterocycles. The van der Waals surface area contributed by atoms with Crippen molar-refractivity contribution in [3.8, 4) is 0 Å². The Balaban J connectivity index is 1.46. The molecule has 0 aliphatic carbocycles. The minimum Gasteiger partial charge on any atom is -0.376 e. The topological polar surface area (TPSA) is 47.5 Å². The Morgan fingerprint density at radius 3 is 2.64 bits per heavy atom. The van der Waals surface area contributed by atoms with E-state index in [4.69, 9.17) is 14.5 Å². The van der Waals surface area contributed by atoms with Gasteiger partial charge in [-0.3, -0.25) is 0 Å². The van der Waals surface area contributed by atoms with Crippen LogP contribution in [0, 0.1) is 0 Å². The molecule has 2 aliphatic heterocycles. The monoisotopic (exact) mass is 325 g/mol. The molecule has 0 aromatic carbocycles. The Hall–Kier alpha value is -0.720. The molecule has 0 radical (unpaired) electrons. The first-order chi connectivity index (χ1) is 10.5. The molecule has 0 spiro atoms. The number of nitrogens with zero attached hydrogens (tertiary/aromatic N) is 3. The highest BCUT2D eigenvalue weighted by Gasteiger charge is 2.26. The van der Waals surface area contributed by atoms with Gasteiger partial charge in [-0.2, -0.15) is 4.37 Å². The highest BCUT2D eigenvalue weighted by molar-refractivity contribution is 7.09. The van der Waals surface area contributed by atoms with Gasteiger partial charge in [-0.15, -0.1) is 0 Å². The van der Waals surface area contributed by atoms with Crippen LogP contribution in [0.15, 0.2) is 0 Å². The van der Waals surface area contributed by atoms with Crippen molar-refractivity contribution in [2.24, 2.45) is 0 Å². The Kier molecular flexibility index (Phi) is 5.00. The predicted molar refractivity (Wildman–Crippen MR) is 88.8 cm³/mol. The fourth-order valence-corrected chi connectivity index (χ4v) is 3.79. The third-order valence-electron chi connectivity index (χ3n) is 4.34. The first-order valence-electron chi connectivity index (χ1n) is 8.35. The van der Waals surface area contributed by atoms with Crippen molar-refractivity contribution < 1.29 is 9.47 Å². The van der Waals surface area contributed by atoms with Crippen LogP contribution in [0.25, 0.3) is 0 Å². The molecule has 5 nitrogen and oxygen atoms in total. The molecule has 3 rings (SSSR count). The van der Waals surface area contributed by atoms with Gasteiger partial charge in [0, 0.05) is 36.6 Å². The van der Waals surface area contributed by atoms with Gasteiger partial charge in [0.1, 0.15) is 5.82 Å². The molecule has 0 N–H and O–H groups in total. The van der Waals surface area contributed by atoms with E-state index in [0.717, 1.165) is 56.5 Å². The second-order valence-corrected chi connectivity index (χ2v) is 8.04. The summed E-state index contributed by atoms with van der Waals surface area (Å²) in [5.74, 6) is 0.948. The Morgan fingerprint density at radius 1 is 1.27 bits per heavy atom. The summed E-state index contributed by atoms with van der Waals surface area (Å²) >= 11 is 1.52. The molecule has 1 unspecified atom stereocenters. The minimum atomic E-state index is 0.0253. The van der Waals surface area contributed by atoms with Crippen molar-refractivity contribution in [1.29, 1.82) is 0 Å². The maximum atomic E-state index is 6.03. The van der Waals surface area contributed by atoms with Gasteiger partial charge in [0.15, 0.2) is 0 Å². The molecule has 2 aliphatic rings. The molecule has 1 atom stereocenters. The molecule has 22 heavy (non-hydrogen) atoms. The van der Waals surface area contributed by atoms with E-state index in [2.05, 4.69) is 30.0 Å². The number of hydrogen-bond acceptors (Lipinski definition) is 6. The minimum absolute atomic E-state index is 0.0253. The number of aromatic nitrogens is 2. The van der Waals surface area contributed by atoms with Crippen LogP contribution < -0.4 is 4.90 Å². The zero-order chi connectivity index (χ0) is 15.6. The molecule has 6 heteroatoms. The van der Waals surface area contributed by atoms with Gasteiger partial charge in [0.25, 0.3) is 0 Å². The Labute approximate surface area is 137 Å². The van der Waals surface area contributed by atoms with E-state index < -0.39 is 0 Å². The molecule has 1 aromatic rings. The lowest BCUT2D eigenvalue weighted by Crippen LogP contribution is -2.38. The van der Waals surface area contributed by atoms with Gasteiger partial charge in [-0.05, 0) is 25.7 Å². The summed E-state index contributed by atoms with van der Waals surface area (Å²) in [6.07, 6.45) is 5.17. The third-order valence-corrected chi connectivity index (χ3v) is 5.12. The van der Waals surface area contributed by atoms with E-state index in [-0.39, 0.29) is 5.41 Å². The average Bonchev–Trinajstić information content (AvgIpc) is 3.16. The van der Waals surface area contributed by atoms with Gasteiger partial charge in [0.05, 0.1) is 18.8 Å². The van der Waals surface area contributed by atoms with E-state index in [1.807, 2.05) is 0 Å². The van der Waals surface area contributed by atoms with Gasteiger partial charge in [-0.25, -0.2) is 4.98 Å². The highest BCUT2D eigenvalue weighted by atomic mass is 32.1. The SMILES string of the molecule is CC(C)(C)c1nsc(N2CCC(OCC3CCCO3)CC2)n1. The molecular weight excluding hydrogens is 298 g/mol. The zero-order valence-corrected chi connectivity index (χ0v) is 14.7. The largest absolute Gasteiger partial charge is 0.376 e. The molecule has 1 aromatic heterocycles. The molecule has 0 amide bonds. The second-order valence-electron chi connectivity index (χ2n) is 7.31. The maximum Gasteiger partial charge on any atom is 0.205 e. The third kappa shape index (κ3) is 3.97. The molecular formula is C16H27N3O2S. The molecule has 3 heterocycles. The lowest BCUT2D eigenvalue weighted by Gasteiger charge is -2.31. The van der Waals surface area contributed by atoms with Crippen molar-refractivity contribution in [1.82, 2.24) is 9.36 Å². The van der Waals surface area contributed by atoms with Crippen molar-refractivity contribution >= 4 is 16.7 Å². The number of ether oxygens (including phenoxy) is 2. The summed E-state index contributed by atoms with van der Waals surface area (Å²) in [6.45, 7) is 10.2. The van der Waals surface area contributed by atoms with Crippen LogP contribution in [0.5, 0.6) is 0 Å². The van der Waals surface area contributed by atoms with Gasteiger partial charge < -0.3 is 14.4 Å². The van der Waals surface area contributed by atoms with Crippen LogP contribution in [0.1, 0.15) is 52.3 Å². The first-order valence-corrected chi connectivity index (χ1v) is 9.12. The summed E-state index contributed by atoms with van der Waals surface area (Å²) < 4.78 is 16.2. The van der Waals surface area contributed by atoms with Gasteiger partial charge in [-0.1, -0.05) is 20.8 Å².